The Morgan fingerprint density at radius 3 is 3.25 bits per heavy atom. The highest BCUT2D eigenvalue weighted by atomic mass is 15.1. The molecule has 12 heavy (non-hydrogen) atoms. The van der Waals surface area contributed by atoms with Crippen molar-refractivity contribution in [1.29, 1.82) is 0 Å². The molecule has 0 aliphatic carbocycles. The van der Waals surface area contributed by atoms with Gasteiger partial charge in [-0.15, -0.1) is 0 Å². The van der Waals surface area contributed by atoms with E-state index in [2.05, 4.69) is 34.6 Å². The second-order valence-electron chi connectivity index (χ2n) is 3.32. The van der Waals surface area contributed by atoms with Gasteiger partial charge in [0.15, 0.2) is 0 Å². The summed E-state index contributed by atoms with van der Waals surface area (Å²) in [5.41, 5.74) is 2.68. The minimum atomic E-state index is 0.571. The second kappa shape index (κ2) is 2.09. The summed E-state index contributed by atoms with van der Waals surface area (Å²) < 4.78 is 0. The molecule has 0 aromatic heterocycles. The molecule has 1 aromatic rings. The molecule has 0 saturated heterocycles. The molecule has 0 bridgehead atoms. The first-order valence-electron chi connectivity index (χ1n) is 4.35. The topological polar surface area (TPSA) is 24.4 Å². The van der Waals surface area contributed by atoms with Gasteiger partial charge in [0.05, 0.1) is 0 Å². The van der Waals surface area contributed by atoms with Crippen molar-refractivity contribution in [2.24, 2.45) is 4.99 Å². The second-order valence-corrected chi connectivity index (χ2v) is 3.32. The van der Waals surface area contributed by atoms with Gasteiger partial charge in [-0.25, -0.2) is 0 Å². The third-order valence-electron chi connectivity index (χ3n) is 2.63. The third-order valence-corrected chi connectivity index (χ3v) is 2.63. The number of hydrogen-bond donors (Lipinski definition) is 1. The first kappa shape index (κ1) is 6.23. The van der Waals surface area contributed by atoms with Crippen LogP contribution in [0.5, 0.6) is 0 Å². The van der Waals surface area contributed by atoms with Gasteiger partial charge in [0.2, 0.25) is 0 Å². The lowest BCUT2D eigenvalue weighted by Crippen LogP contribution is -2.06. The van der Waals surface area contributed by atoms with Crippen LogP contribution in [-0.4, -0.2) is 12.4 Å². The molecule has 0 amide bonds. The standard InChI is InChI=1S/C10H10N2/c1-2-4-9-7(3-1)8-5-6-11-10(8)12-9/h1-4,8H,5-6H2,(H,11,12). The predicted molar refractivity (Wildman–Crippen MR) is 49.7 cm³/mol. The Bertz CT molecular complexity index is 355. The molecule has 2 aliphatic rings. The normalized spacial score (nSPS) is 24.3. The van der Waals surface area contributed by atoms with E-state index in [9.17, 15) is 0 Å². The lowest BCUT2D eigenvalue weighted by Gasteiger charge is -2.01. The molecule has 60 valence electrons. The Balaban J connectivity index is 2.17. The number of benzene rings is 1. The van der Waals surface area contributed by atoms with Gasteiger partial charge < -0.3 is 5.32 Å². The van der Waals surface area contributed by atoms with Gasteiger partial charge in [-0.1, -0.05) is 18.2 Å². The van der Waals surface area contributed by atoms with Gasteiger partial charge in [-0.3, -0.25) is 4.99 Å². The summed E-state index contributed by atoms with van der Waals surface area (Å²) in [7, 11) is 0. The fraction of sp³-hybridized carbons (Fsp3) is 0.300. The average molecular weight is 158 g/mol. The SMILES string of the molecule is c1ccc2c(c1)NC1=NCCC12. The number of rotatable bonds is 0. The summed E-state index contributed by atoms with van der Waals surface area (Å²) in [6, 6.07) is 8.48. The third kappa shape index (κ3) is 0.670. The van der Waals surface area contributed by atoms with Crippen LogP contribution in [0.1, 0.15) is 17.9 Å². The van der Waals surface area contributed by atoms with Crippen molar-refractivity contribution in [2.75, 3.05) is 11.9 Å². The zero-order valence-electron chi connectivity index (χ0n) is 6.75. The van der Waals surface area contributed by atoms with E-state index in [-0.39, 0.29) is 0 Å². The first-order chi connectivity index (χ1) is 5.95. The van der Waals surface area contributed by atoms with Gasteiger partial charge in [-0.05, 0) is 18.1 Å². The van der Waals surface area contributed by atoms with Crippen LogP contribution in [-0.2, 0) is 0 Å². The largest absolute Gasteiger partial charge is 0.343 e. The van der Waals surface area contributed by atoms with Gasteiger partial charge in [0.1, 0.15) is 5.84 Å². The van der Waals surface area contributed by atoms with Crippen LogP contribution in [0.4, 0.5) is 5.69 Å². The van der Waals surface area contributed by atoms with Crippen LogP contribution in [0.25, 0.3) is 0 Å². The maximum Gasteiger partial charge on any atom is 0.108 e. The predicted octanol–water partition coefficient (Wildman–Crippen LogP) is 2.00. The molecule has 2 heterocycles. The molecule has 0 spiro atoms. The van der Waals surface area contributed by atoms with E-state index >= 15 is 0 Å². The van der Waals surface area contributed by atoms with Crippen LogP contribution >= 0.6 is 0 Å². The van der Waals surface area contributed by atoms with Gasteiger partial charge in [0.25, 0.3) is 0 Å². The summed E-state index contributed by atoms with van der Waals surface area (Å²) in [6.07, 6.45) is 1.18. The Morgan fingerprint density at radius 2 is 2.25 bits per heavy atom. The van der Waals surface area contributed by atoms with E-state index < -0.39 is 0 Å². The molecule has 1 atom stereocenters. The van der Waals surface area contributed by atoms with Crippen LogP contribution < -0.4 is 5.32 Å². The highest BCUT2D eigenvalue weighted by Crippen LogP contribution is 2.37. The first-order valence-corrected chi connectivity index (χ1v) is 4.35. The van der Waals surface area contributed by atoms with Crippen molar-refractivity contribution >= 4 is 11.5 Å². The maximum atomic E-state index is 4.42. The van der Waals surface area contributed by atoms with E-state index in [1.54, 1.807) is 0 Å². The molecule has 1 N–H and O–H groups in total. The number of hydrogen-bond acceptors (Lipinski definition) is 2. The van der Waals surface area contributed by atoms with E-state index in [0.717, 1.165) is 6.54 Å². The minimum absolute atomic E-state index is 0.571. The fourth-order valence-corrected chi connectivity index (χ4v) is 2.04. The Morgan fingerprint density at radius 1 is 1.33 bits per heavy atom. The summed E-state index contributed by atoms with van der Waals surface area (Å²) in [5.74, 6) is 1.75. The quantitative estimate of drug-likeness (QED) is 0.613. The zero-order valence-corrected chi connectivity index (χ0v) is 6.75. The van der Waals surface area contributed by atoms with Crippen LogP contribution in [0.3, 0.4) is 0 Å². The summed E-state index contributed by atoms with van der Waals surface area (Å²) in [6.45, 7) is 0.987. The van der Waals surface area contributed by atoms with E-state index in [1.807, 2.05) is 0 Å². The molecule has 0 radical (unpaired) electrons. The molecule has 0 saturated carbocycles. The Hall–Kier alpha value is -1.31. The maximum absolute atomic E-state index is 4.42. The molecule has 0 fully saturated rings. The number of fused-ring (bicyclic) bond motifs is 3. The number of nitrogens with one attached hydrogen (secondary N) is 1. The number of para-hydroxylation sites is 1. The molecule has 1 aromatic carbocycles. The van der Waals surface area contributed by atoms with Gasteiger partial charge >= 0.3 is 0 Å². The van der Waals surface area contributed by atoms with Gasteiger partial charge in [0, 0.05) is 18.2 Å². The lowest BCUT2D eigenvalue weighted by atomic mass is 9.99. The molecule has 1 unspecified atom stereocenters. The van der Waals surface area contributed by atoms with Crippen molar-refractivity contribution in [3.63, 3.8) is 0 Å². The molecule has 2 nitrogen and oxygen atoms in total. The van der Waals surface area contributed by atoms with Crippen molar-refractivity contribution in [2.45, 2.75) is 12.3 Å². The number of aliphatic imine (C=N–C) groups is 1. The lowest BCUT2D eigenvalue weighted by molar-refractivity contribution is 0.852. The van der Waals surface area contributed by atoms with Crippen molar-refractivity contribution in [1.82, 2.24) is 0 Å². The van der Waals surface area contributed by atoms with Crippen molar-refractivity contribution < 1.29 is 0 Å². The molecule has 2 heteroatoms. The summed E-state index contributed by atoms with van der Waals surface area (Å²) >= 11 is 0. The Labute approximate surface area is 71.3 Å². The van der Waals surface area contributed by atoms with Crippen LogP contribution in [0.2, 0.25) is 0 Å². The number of amidine groups is 1. The monoisotopic (exact) mass is 158 g/mol. The minimum Gasteiger partial charge on any atom is -0.343 e. The summed E-state index contributed by atoms with van der Waals surface area (Å²) in [5, 5.41) is 3.35. The number of anilines is 1. The molecular weight excluding hydrogens is 148 g/mol. The van der Waals surface area contributed by atoms with E-state index in [4.69, 9.17) is 0 Å². The zero-order chi connectivity index (χ0) is 7.97. The number of nitrogens with zero attached hydrogens (tertiary/aromatic N) is 1. The fourth-order valence-electron chi connectivity index (χ4n) is 2.04. The summed E-state index contributed by atoms with van der Waals surface area (Å²) in [4.78, 5) is 4.42. The van der Waals surface area contributed by atoms with Crippen molar-refractivity contribution in [3.8, 4) is 0 Å². The smallest absolute Gasteiger partial charge is 0.108 e. The average Bonchev–Trinajstić information content (AvgIpc) is 2.62. The highest BCUT2D eigenvalue weighted by molar-refractivity contribution is 6.07. The van der Waals surface area contributed by atoms with Gasteiger partial charge in [-0.2, -0.15) is 0 Å². The molecular formula is C10H10N2. The highest BCUT2D eigenvalue weighted by Gasteiger charge is 2.30. The van der Waals surface area contributed by atoms with E-state index in [0.29, 0.717) is 5.92 Å². The van der Waals surface area contributed by atoms with Crippen molar-refractivity contribution in [3.05, 3.63) is 29.8 Å². The van der Waals surface area contributed by atoms with Crippen LogP contribution in [0, 0.1) is 0 Å². The van der Waals surface area contributed by atoms with E-state index in [1.165, 1.54) is 23.5 Å². The van der Waals surface area contributed by atoms with Crippen LogP contribution in [0.15, 0.2) is 29.3 Å². The molecule has 2 aliphatic heterocycles. The Kier molecular flexibility index (Phi) is 1.09. The molecule has 3 rings (SSSR count).